The summed E-state index contributed by atoms with van der Waals surface area (Å²) >= 11 is 0. The average molecular weight is 312 g/mol. The third kappa shape index (κ3) is 3.38. The van der Waals surface area contributed by atoms with E-state index in [1.807, 2.05) is 0 Å². The highest BCUT2D eigenvalue weighted by atomic mass is 32.2. The van der Waals surface area contributed by atoms with Crippen LogP contribution in [0.15, 0.2) is 39.9 Å². The molecule has 0 saturated carbocycles. The fourth-order valence-corrected chi connectivity index (χ4v) is 2.75. The molecule has 2 N–H and O–H groups in total. The van der Waals surface area contributed by atoms with Gasteiger partial charge in [0.15, 0.2) is 0 Å². The van der Waals surface area contributed by atoms with Crippen LogP contribution in [-0.2, 0) is 16.6 Å². The number of sulfonamides is 1. The van der Waals surface area contributed by atoms with Crippen LogP contribution in [0.2, 0.25) is 0 Å². The van der Waals surface area contributed by atoms with Crippen LogP contribution >= 0.6 is 0 Å². The number of nitrogens with zero attached hydrogens (tertiary/aromatic N) is 1. The first-order chi connectivity index (χ1) is 9.94. The molecule has 1 aromatic heterocycles. The van der Waals surface area contributed by atoms with Crippen LogP contribution in [0.25, 0.3) is 0 Å². The monoisotopic (exact) mass is 312 g/mol. The molecule has 0 aliphatic rings. The predicted octanol–water partition coefficient (Wildman–Crippen LogP) is 0.860. The molecule has 0 radical (unpaired) electrons. The molecule has 0 spiro atoms. The van der Waals surface area contributed by atoms with Gasteiger partial charge in [0.25, 0.3) is 0 Å². The van der Waals surface area contributed by atoms with Gasteiger partial charge in [-0.3, -0.25) is 0 Å². The van der Waals surface area contributed by atoms with Crippen LogP contribution in [0.1, 0.15) is 16.1 Å². The minimum Gasteiger partial charge on any atom is -0.495 e. The number of carboxylic acid groups (broad SMARTS) is 1. The average Bonchev–Trinajstić information content (AvgIpc) is 2.97. The molecule has 112 valence electrons. The lowest BCUT2D eigenvalue weighted by atomic mass is 10.2. The zero-order valence-corrected chi connectivity index (χ0v) is 11.8. The maximum Gasteiger partial charge on any atom is 0.335 e. The maximum absolute atomic E-state index is 12.2. The van der Waals surface area contributed by atoms with E-state index >= 15 is 0 Å². The number of nitrogens with one attached hydrogen (secondary N) is 1. The molecule has 0 fully saturated rings. The molecule has 0 saturated heterocycles. The number of hydrogen-bond acceptors (Lipinski definition) is 6. The summed E-state index contributed by atoms with van der Waals surface area (Å²) in [4.78, 5) is 10.7. The van der Waals surface area contributed by atoms with Crippen molar-refractivity contribution in [1.82, 2.24) is 9.88 Å². The SMILES string of the molecule is COc1cc(C(=O)O)ccc1S(=O)(=O)NCc1ccon1. The number of aromatic nitrogens is 1. The fourth-order valence-electron chi connectivity index (χ4n) is 1.60. The van der Waals surface area contributed by atoms with Crippen molar-refractivity contribution in [2.75, 3.05) is 7.11 Å². The van der Waals surface area contributed by atoms with Crippen molar-refractivity contribution >= 4 is 16.0 Å². The molecule has 21 heavy (non-hydrogen) atoms. The molecular weight excluding hydrogens is 300 g/mol. The minimum absolute atomic E-state index is 0.0529. The normalized spacial score (nSPS) is 11.3. The summed E-state index contributed by atoms with van der Waals surface area (Å²) < 4.78 is 36.2. The summed E-state index contributed by atoms with van der Waals surface area (Å²) in [6.07, 6.45) is 1.33. The zero-order valence-electron chi connectivity index (χ0n) is 10.9. The van der Waals surface area contributed by atoms with Gasteiger partial charge in [-0.2, -0.15) is 0 Å². The van der Waals surface area contributed by atoms with Gasteiger partial charge in [0, 0.05) is 6.07 Å². The maximum atomic E-state index is 12.2. The van der Waals surface area contributed by atoms with Crippen LogP contribution in [0, 0.1) is 0 Å². The Balaban J connectivity index is 2.28. The molecule has 0 aliphatic heterocycles. The molecule has 2 rings (SSSR count). The lowest BCUT2D eigenvalue weighted by molar-refractivity contribution is 0.0696. The Labute approximate surface area is 120 Å². The number of carbonyl (C=O) groups is 1. The number of hydrogen-bond donors (Lipinski definition) is 2. The number of ether oxygens (including phenoxy) is 1. The van der Waals surface area contributed by atoms with Crippen LogP contribution in [-0.4, -0.2) is 31.8 Å². The van der Waals surface area contributed by atoms with Gasteiger partial charge in [-0.25, -0.2) is 17.9 Å². The molecule has 0 bridgehead atoms. The Morgan fingerprint density at radius 1 is 1.43 bits per heavy atom. The van der Waals surface area contributed by atoms with E-state index in [9.17, 15) is 13.2 Å². The molecule has 1 heterocycles. The Bertz CT molecular complexity index is 739. The van der Waals surface area contributed by atoms with Crippen molar-refractivity contribution in [2.45, 2.75) is 11.4 Å². The molecular formula is C12H12N2O6S. The first-order valence-corrected chi connectivity index (χ1v) is 7.22. The highest BCUT2D eigenvalue weighted by Crippen LogP contribution is 2.25. The highest BCUT2D eigenvalue weighted by molar-refractivity contribution is 7.89. The van der Waals surface area contributed by atoms with Gasteiger partial charge in [0.1, 0.15) is 16.9 Å². The van der Waals surface area contributed by atoms with E-state index in [4.69, 9.17) is 9.84 Å². The van der Waals surface area contributed by atoms with Gasteiger partial charge in [-0.05, 0) is 18.2 Å². The number of rotatable bonds is 6. The molecule has 1 aromatic carbocycles. The standard InChI is InChI=1S/C12H12N2O6S/c1-19-10-6-8(12(15)16)2-3-11(10)21(17,18)13-7-9-4-5-20-14-9/h2-6,13H,7H2,1H3,(H,15,16). The second kappa shape index (κ2) is 5.94. The molecule has 0 amide bonds. The van der Waals surface area contributed by atoms with E-state index in [0.29, 0.717) is 5.69 Å². The lowest BCUT2D eigenvalue weighted by Crippen LogP contribution is -2.24. The lowest BCUT2D eigenvalue weighted by Gasteiger charge is -2.10. The van der Waals surface area contributed by atoms with Gasteiger partial charge in [-0.1, -0.05) is 5.16 Å². The van der Waals surface area contributed by atoms with Crippen molar-refractivity contribution in [3.8, 4) is 5.75 Å². The second-order valence-electron chi connectivity index (χ2n) is 3.99. The van der Waals surface area contributed by atoms with Crippen molar-refractivity contribution in [3.63, 3.8) is 0 Å². The Kier molecular flexibility index (Phi) is 4.24. The number of benzene rings is 1. The van der Waals surface area contributed by atoms with E-state index < -0.39 is 16.0 Å². The van der Waals surface area contributed by atoms with Gasteiger partial charge in [0.2, 0.25) is 10.0 Å². The third-order valence-electron chi connectivity index (χ3n) is 2.63. The summed E-state index contributed by atoms with van der Waals surface area (Å²) in [5, 5.41) is 12.5. The number of carboxylic acids is 1. The van der Waals surface area contributed by atoms with E-state index in [0.717, 1.165) is 6.07 Å². The summed E-state index contributed by atoms with van der Waals surface area (Å²) in [5.74, 6) is -1.23. The predicted molar refractivity (Wildman–Crippen MR) is 70.5 cm³/mol. The Hall–Kier alpha value is -2.39. The highest BCUT2D eigenvalue weighted by Gasteiger charge is 2.21. The van der Waals surface area contributed by atoms with Gasteiger partial charge >= 0.3 is 5.97 Å². The van der Waals surface area contributed by atoms with Gasteiger partial charge in [-0.15, -0.1) is 0 Å². The van der Waals surface area contributed by atoms with Crippen LogP contribution in [0.4, 0.5) is 0 Å². The minimum atomic E-state index is -3.87. The largest absolute Gasteiger partial charge is 0.495 e. The molecule has 8 nitrogen and oxygen atoms in total. The summed E-state index contributed by atoms with van der Waals surface area (Å²) in [5.41, 5.74) is 0.349. The first kappa shape index (κ1) is 15.0. The number of aromatic carboxylic acids is 1. The van der Waals surface area contributed by atoms with E-state index in [2.05, 4.69) is 14.4 Å². The van der Waals surface area contributed by atoms with Crippen molar-refractivity contribution < 1.29 is 27.6 Å². The number of methoxy groups -OCH3 is 1. The van der Waals surface area contributed by atoms with Crippen molar-refractivity contribution in [3.05, 3.63) is 41.8 Å². The van der Waals surface area contributed by atoms with Crippen molar-refractivity contribution in [2.24, 2.45) is 0 Å². The molecule has 0 unspecified atom stereocenters. The summed E-state index contributed by atoms with van der Waals surface area (Å²) in [7, 11) is -2.61. The Morgan fingerprint density at radius 3 is 2.76 bits per heavy atom. The Morgan fingerprint density at radius 2 is 2.19 bits per heavy atom. The van der Waals surface area contributed by atoms with Crippen molar-refractivity contribution in [1.29, 1.82) is 0 Å². The van der Waals surface area contributed by atoms with Crippen LogP contribution in [0.3, 0.4) is 0 Å². The molecule has 9 heteroatoms. The van der Waals surface area contributed by atoms with Crippen LogP contribution < -0.4 is 9.46 Å². The van der Waals surface area contributed by atoms with Gasteiger partial charge < -0.3 is 14.4 Å². The first-order valence-electron chi connectivity index (χ1n) is 5.74. The topological polar surface area (TPSA) is 119 Å². The van der Waals surface area contributed by atoms with E-state index in [-0.39, 0.29) is 22.8 Å². The third-order valence-corrected chi connectivity index (χ3v) is 4.08. The van der Waals surface area contributed by atoms with Gasteiger partial charge in [0.05, 0.1) is 24.9 Å². The molecule has 0 atom stereocenters. The second-order valence-corrected chi connectivity index (χ2v) is 5.72. The molecule has 0 aliphatic carbocycles. The quantitative estimate of drug-likeness (QED) is 0.811. The molecule has 2 aromatic rings. The summed E-state index contributed by atoms with van der Waals surface area (Å²) in [6.45, 7) is -0.0529. The smallest absolute Gasteiger partial charge is 0.335 e. The summed E-state index contributed by atoms with van der Waals surface area (Å²) in [6, 6.07) is 5.03. The van der Waals surface area contributed by atoms with E-state index in [1.54, 1.807) is 0 Å². The zero-order chi connectivity index (χ0) is 15.5. The van der Waals surface area contributed by atoms with Crippen LogP contribution in [0.5, 0.6) is 5.75 Å². The van der Waals surface area contributed by atoms with E-state index in [1.165, 1.54) is 31.6 Å². The fraction of sp³-hybridized carbons (Fsp3) is 0.167.